The predicted octanol–water partition coefficient (Wildman–Crippen LogP) is 3.85. The quantitative estimate of drug-likeness (QED) is 0.356. The van der Waals surface area contributed by atoms with E-state index in [0.29, 0.717) is 29.3 Å². The maximum Gasteiger partial charge on any atom is 0.244 e. The number of carbonyl (C=O) groups excluding carboxylic acids is 2. The number of halogens is 1. The Labute approximate surface area is 224 Å². The average Bonchev–Trinajstić information content (AvgIpc) is 2.87. The third-order valence-electron chi connectivity index (χ3n) is 5.85. The van der Waals surface area contributed by atoms with Crippen molar-refractivity contribution in [3.05, 3.63) is 53.1 Å². The second-order valence-corrected chi connectivity index (χ2v) is 10.8. The molecule has 2 rings (SSSR count). The normalized spacial score (nSPS) is 11.9. The summed E-state index contributed by atoms with van der Waals surface area (Å²) >= 11 is 6.37. The van der Waals surface area contributed by atoms with Crippen molar-refractivity contribution >= 4 is 39.1 Å². The van der Waals surface area contributed by atoms with Gasteiger partial charge in [-0.15, -0.1) is 0 Å². The SMILES string of the molecule is CCCCNC(=O)[C@H](CC)N(Cc1ccccc1Cl)C(=O)CN(c1cc(OC)ccc1OC)S(C)(=O)=O. The molecule has 11 heteroatoms. The Balaban J connectivity index is 2.51. The third kappa shape index (κ3) is 8.26. The molecule has 0 radical (unpaired) electrons. The fraction of sp³-hybridized carbons (Fsp3) is 0.462. The van der Waals surface area contributed by atoms with Crippen LogP contribution in [-0.2, 0) is 26.2 Å². The van der Waals surface area contributed by atoms with Crippen LogP contribution in [0, 0.1) is 0 Å². The van der Waals surface area contributed by atoms with E-state index in [4.69, 9.17) is 21.1 Å². The second-order valence-electron chi connectivity index (χ2n) is 8.49. The van der Waals surface area contributed by atoms with Crippen molar-refractivity contribution in [1.29, 1.82) is 0 Å². The number of nitrogens with one attached hydrogen (secondary N) is 1. The molecule has 1 atom stereocenters. The van der Waals surface area contributed by atoms with Gasteiger partial charge in [0.25, 0.3) is 0 Å². The molecule has 0 fully saturated rings. The molecule has 0 saturated heterocycles. The van der Waals surface area contributed by atoms with E-state index in [2.05, 4.69) is 5.32 Å². The lowest BCUT2D eigenvalue weighted by atomic mass is 10.1. The summed E-state index contributed by atoms with van der Waals surface area (Å²) in [7, 11) is -1.07. The number of anilines is 1. The Hall–Kier alpha value is -2.98. The summed E-state index contributed by atoms with van der Waals surface area (Å²) < 4.78 is 37.3. The van der Waals surface area contributed by atoms with E-state index in [1.807, 2.05) is 6.92 Å². The number of hydrogen-bond donors (Lipinski definition) is 1. The highest BCUT2D eigenvalue weighted by Crippen LogP contribution is 2.34. The third-order valence-corrected chi connectivity index (χ3v) is 7.34. The van der Waals surface area contributed by atoms with Crippen molar-refractivity contribution in [2.45, 2.75) is 45.7 Å². The lowest BCUT2D eigenvalue weighted by Crippen LogP contribution is -2.52. The van der Waals surface area contributed by atoms with Gasteiger partial charge in [0.05, 0.1) is 26.2 Å². The number of sulfonamides is 1. The number of nitrogens with zero attached hydrogens (tertiary/aromatic N) is 2. The van der Waals surface area contributed by atoms with Crippen molar-refractivity contribution in [2.75, 3.05) is 37.9 Å². The zero-order valence-corrected chi connectivity index (χ0v) is 23.6. The van der Waals surface area contributed by atoms with Crippen LogP contribution in [0.15, 0.2) is 42.5 Å². The molecule has 204 valence electrons. The van der Waals surface area contributed by atoms with Crippen molar-refractivity contribution in [3.63, 3.8) is 0 Å². The van der Waals surface area contributed by atoms with Crippen LogP contribution in [0.4, 0.5) is 5.69 Å². The van der Waals surface area contributed by atoms with Crippen molar-refractivity contribution in [2.24, 2.45) is 0 Å². The lowest BCUT2D eigenvalue weighted by molar-refractivity contribution is -0.140. The Kier molecular flexibility index (Phi) is 11.5. The van der Waals surface area contributed by atoms with Crippen LogP contribution < -0.4 is 19.1 Å². The molecule has 0 saturated carbocycles. The van der Waals surface area contributed by atoms with E-state index < -0.39 is 28.5 Å². The van der Waals surface area contributed by atoms with Crippen molar-refractivity contribution < 1.29 is 27.5 Å². The summed E-state index contributed by atoms with van der Waals surface area (Å²) in [6.45, 7) is 3.78. The summed E-state index contributed by atoms with van der Waals surface area (Å²) in [5.74, 6) is -0.221. The van der Waals surface area contributed by atoms with Gasteiger partial charge in [0, 0.05) is 24.2 Å². The van der Waals surface area contributed by atoms with Crippen molar-refractivity contribution in [3.8, 4) is 11.5 Å². The Morgan fingerprint density at radius 2 is 1.78 bits per heavy atom. The van der Waals surface area contributed by atoms with Crippen LogP contribution in [0.1, 0.15) is 38.7 Å². The van der Waals surface area contributed by atoms with E-state index in [-0.39, 0.29) is 23.9 Å². The molecule has 9 nitrogen and oxygen atoms in total. The molecule has 2 aromatic rings. The first kappa shape index (κ1) is 30.2. The number of benzene rings is 2. The number of ether oxygens (including phenoxy) is 2. The number of carbonyl (C=O) groups is 2. The van der Waals surface area contributed by atoms with Gasteiger partial charge in [-0.05, 0) is 36.6 Å². The van der Waals surface area contributed by atoms with Crippen LogP contribution in [-0.4, -0.2) is 64.7 Å². The molecule has 2 amide bonds. The maximum absolute atomic E-state index is 13.8. The largest absolute Gasteiger partial charge is 0.497 e. The maximum atomic E-state index is 13.8. The number of amides is 2. The number of rotatable bonds is 14. The smallest absolute Gasteiger partial charge is 0.244 e. The van der Waals surface area contributed by atoms with Gasteiger partial charge in [-0.2, -0.15) is 0 Å². The monoisotopic (exact) mass is 553 g/mol. The van der Waals surface area contributed by atoms with Gasteiger partial charge in [0.1, 0.15) is 24.1 Å². The van der Waals surface area contributed by atoms with Crippen LogP contribution in [0.2, 0.25) is 5.02 Å². The first-order chi connectivity index (χ1) is 17.6. The fourth-order valence-electron chi connectivity index (χ4n) is 3.82. The molecule has 1 N–H and O–H groups in total. The van der Waals surface area contributed by atoms with E-state index >= 15 is 0 Å². The summed E-state index contributed by atoms with van der Waals surface area (Å²) in [6, 6.07) is 10.9. The second kappa shape index (κ2) is 14.1. The molecule has 0 aliphatic rings. The van der Waals surface area contributed by atoms with E-state index in [1.54, 1.807) is 43.3 Å². The molecule has 0 aromatic heterocycles. The zero-order valence-electron chi connectivity index (χ0n) is 22.0. The molecule has 37 heavy (non-hydrogen) atoms. The summed E-state index contributed by atoms with van der Waals surface area (Å²) in [5.41, 5.74) is 0.790. The minimum absolute atomic E-state index is 0.0328. The Bertz CT molecular complexity index is 1170. The summed E-state index contributed by atoms with van der Waals surface area (Å²) in [4.78, 5) is 28.3. The van der Waals surface area contributed by atoms with E-state index in [9.17, 15) is 18.0 Å². The number of methoxy groups -OCH3 is 2. The molecule has 0 bridgehead atoms. The van der Waals surface area contributed by atoms with Gasteiger partial charge >= 0.3 is 0 Å². The Morgan fingerprint density at radius 3 is 2.35 bits per heavy atom. The molecule has 2 aromatic carbocycles. The number of unbranched alkanes of at least 4 members (excludes halogenated alkanes) is 1. The highest BCUT2D eigenvalue weighted by Gasteiger charge is 2.33. The molecule has 0 heterocycles. The van der Waals surface area contributed by atoms with Crippen LogP contribution in [0.5, 0.6) is 11.5 Å². The first-order valence-corrected chi connectivity index (χ1v) is 14.3. The Morgan fingerprint density at radius 1 is 1.08 bits per heavy atom. The molecule has 0 spiro atoms. The average molecular weight is 554 g/mol. The van der Waals surface area contributed by atoms with E-state index in [0.717, 1.165) is 23.4 Å². The van der Waals surface area contributed by atoms with Crippen LogP contribution in [0.3, 0.4) is 0 Å². The topological polar surface area (TPSA) is 105 Å². The predicted molar refractivity (Wildman–Crippen MR) is 146 cm³/mol. The highest BCUT2D eigenvalue weighted by atomic mass is 35.5. The van der Waals surface area contributed by atoms with Gasteiger partial charge in [-0.1, -0.05) is 50.1 Å². The molecular formula is C26H36ClN3O6S. The zero-order chi connectivity index (χ0) is 27.6. The van der Waals surface area contributed by atoms with E-state index in [1.165, 1.54) is 25.2 Å². The molecule has 0 aliphatic carbocycles. The van der Waals surface area contributed by atoms with Gasteiger partial charge < -0.3 is 19.7 Å². The summed E-state index contributed by atoms with van der Waals surface area (Å²) in [5, 5.41) is 3.33. The number of hydrogen-bond acceptors (Lipinski definition) is 6. The molecule has 0 aliphatic heterocycles. The van der Waals surface area contributed by atoms with Gasteiger partial charge in [-0.3, -0.25) is 13.9 Å². The first-order valence-electron chi connectivity index (χ1n) is 12.1. The minimum atomic E-state index is -3.93. The minimum Gasteiger partial charge on any atom is -0.497 e. The standard InChI is InChI=1S/C26H36ClN3O6S/c1-6-8-15-28-26(32)22(7-2)29(17-19-11-9-10-12-21(19)27)25(31)18-30(37(5,33)34)23-16-20(35-3)13-14-24(23)36-4/h9-14,16,22H,6-8,15,17-18H2,1-5H3,(H,28,32)/t22-/m0/s1. The molecule has 0 unspecified atom stereocenters. The van der Waals surface area contributed by atoms with Crippen molar-refractivity contribution in [1.82, 2.24) is 10.2 Å². The van der Waals surface area contributed by atoms with Gasteiger partial charge in [0.2, 0.25) is 21.8 Å². The molecular weight excluding hydrogens is 518 g/mol. The lowest BCUT2D eigenvalue weighted by Gasteiger charge is -2.33. The van der Waals surface area contributed by atoms with Crippen LogP contribution in [0.25, 0.3) is 0 Å². The fourth-order valence-corrected chi connectivity index (χ4v) is 4.86. The van der Waals surface area contributed by atoms with Crippen LogP contribution >= 0.6 is 11.6 Å². The highest BCUT2D eigenvalue weighted by molar-refractivity contribution is 7.92. The summed E-state index contributed by atoms with van der Waals surface area (Å²) in [6.07, 6.45) is 3.05. The van der Waals surface area contributed by atoms with Gasteiger partial charge in [0.15, 0.2) is 0 Å². The van der Waals surface area contributed by atoms with Gasteiger partial charge in [-0.25, -0.2) is 8.42 Å².